The van der Waals surface area contributed by atoms with E-state index in [0.29, 0.717) is 6.04 Å². The van der Waals surface area contributed by atoms with Crippen LogP contribution in [0.1, 0.15) is 31.4 Å². The van der Waals surface area contributed by atoms with Crippen LogP contribution in [0.3, 0.4) is 0 Å². The zero-order valence-corrected chi connectivity index (χ0v) is 13.6. The molecule has 0 saturated carbocycles. The van der Waals surface area contributed by atoms with Gasteiger partial charge in [-0.1, -0.05) is 24.6 Å². The molecule has 0 bridgehead atoms. The van der Waals surface area contributed by atoms with Crippen LogP contribution < -0.4 is 5.32 Å². The van der Waals surface area contributed by atoms with Crippen molar-refractivity contribution >= 4 is 11.7 Å². The number of benzene rings is 1. The zero-order valence-electron chi connectivity index (χ0n) is 13.6. The van der Waals surface area contributed by atoms with Gasteiger partial charge in [-0.2, -0.15) is 0 Å². The summed E-state index contributed by atoms with van der Waals surface area (Å²) in [5, 5.41) is 3.03. The second-order valence-corrected chi connectivity index (χ2v) is 6.03. The quantitative estimate of drug-likeness (QED) is 0.927. The van der Waals surface area contributed by atoms with Crippen molar-refractivity contribution in [1.29, 1.82) is 0 Å². The summed E-state index contributed by atoms with van der Waals surface area (Å²) in [6.45, 7) is 12.1. The van der Waals surface area contributed by atoms with E-state index < -0.39 is 0 Å². The van der Waals surface area contributed by atoms with Gasteiger partial charge >= 0.3 is 6.03 Å². The van der Waals surface area contributed by atoms with E-state index in [-0.39, 0.29) is 6.03 Å². The normalized spacial score (nSPS) is 17.6. The molecule has 0 radical (unpaired) electrons. The lowest BCUT2D eigenvalue weighted by atomic mass is 10.1. The number of carbonyl (C=O) groups is 1. The average molecular weight is 289 g/mol. The summed E-state index contributed by atoms with van der Waals surface area (Å²) in [5.74, 6) is 0. The number of hydrogen-bond donors (Lipinski definition) is 1. The number of piperazine rings is 1. The van der Waals surface area contributed by atoms with Gasteiger partial charge in [0, 0.05) is 37.9 Å². The molecule has 21 heavy (non-hydrogen) atoms. The Morgan fingerprint density at radius 2 is 1.90 bits per heavy atom. The van der Waals surface area contributed by atoms with Crippen LogP contribution in [0.25, 0.3) is 0 Å². The molecule has 0 spiro atoms. The molecule has 1 aromatic rings. The van der Waals surface area contributed by atoms with Crippen LogP contribution in [0.4, 0.5) is 10.5 Å². The molecular weight excluding hydrogens is 262 g/mol. The van der Waals surface area contributed by atoms with Crippen LogP contribution in [0, 0.1) is 13.8 Å². The summed E-state index contributed by atoms with van der Waals surface area (Å²) in [5.41, 5.74) is 3.24. The highest BCUT2D eigenvalue weighted by Crippen LogP contribution is 2.17. The van der Waals surface area contributed by atoms with Gasteiger partial charge in [0.05, 0.1) is 0 Å². The minimum atomic E-state index is 0.0192. The fraction of sp³-hybridized carbons (Fsp3) is 0.588. The summed E-state index contributed by atoms with van der Waals surface area (Å²) in [6, 6.07) is 6.73. The van der Waals surface area contributed by atoms with Crippen LogP contribution in [-0.4, -0.2) is 48.1 Å². The standard InChI is InChI=1S/C17H27N3O/c1-5-15(4)19-8-10-20(11-9-19)17(21)18-16-7-6-13(2)12-14(16)3/h6-7,12,15H,5,8-11H2,1-4H3,(H,18,21). The monoisotopic (exact) mass is 289 g/mol. The number of nitrogens with zero attached hydrogens (tertiary/aromatic N) is 2. The highest BCUT2D eigenvalue weighted by Gasteiger charge is 2.23. The Bertz CT molecular complexity index is 493. The second kappa shape index (κ2) is 6.94. The molecule has 0 aromatic heterocycles. The molecular formula is C17H27N3O. The topological polar surface area (TPSA) is 35.6 Å². The minimum absolute atomic E-state index is 0.0192. The third-order valence-corrected chi connectivity index (χ3v) is 4.44. The maximum Gasteiger partial charge on any atom is 0.321 e. The zero-order chi connectivity index (χ0) is 15.4. The van der Waals surface area contributed by atoms with E-state index in [1.54, 1.807) is 0 Å². The lowest BCUT2D eigenvalue weighted by molar-refractivity contribution is 0.117. The number of aryl methyl sites for hydroxylation is 2. The maximum atomic E-state index is 12.3. The number of amides is 2. The molecule has 1 saturated heterocycles. The van der Waals surface area contributed by atoms with Crippen molar-refractivity contribution < 1.29 is 4.79 Å². The van der Waals surface area contributed by atoms with Crippen LogP contribution >= 0.6 is 0 Å². The highest BCUT2D eigenvalue weighted by atomic mass is 16.2. The highest BCUT2D eigenvalue weighted by molar-refractivity contribution is 5.90. The molecule has 2 amide bonds. The molecule has 1 atom stereocenters. The molecule has 1 heterocycles. The van der Waals surface area contributed by atoms with Gasteiger partial charge in [0.15, 0.2) is 0 Å². The molecule has 4 heteroatoms. The molecule has 1 unspecified atom stereocenters. The van der Waals surface area contributed by atoms with Gasteiger partial charge in [-0.25, -0.2) is 4.79 Å². The van der Waals surface area contributed by atoms with Crippen LogP contribution in [-0.2, 0) is 0 Å². The third kappa shape index (κ3) is 3.97. The molecule has 1 N–H and O–H groups in total. The van der Waals surface area contributed by atoms with Crippen molar-refractivity contribution in [1.82, 2.24) is 9.80 Å². The largest absolute Gasteiger partial charge is 0.322 e. The summed E-state index contributed by atoms with van der Waals surface area (Å²) >= 11 is 0. The fourth-order valence-corrected chi connectivity index (χ4v) is 2.77. The lowest BCUT2D eigenvalue weighted by Gasteiger charge is -2.37. The number of carbonyl (C=O) groups excluding carboxylic acids is 1. The van der Waals surface area contributed by atoms with E-state index in [1.807, 2.05) is 24.0 Å². The first-order valence-electron chi connectivity index (χ1n) is 7.88. The van der Waals surface area contributed by atoms with E-state index in [4.69, 9.17) is 0 Å². The SMILES string of the molecule is CCC(C)N1CCN(C(=O)Nc2ccc(C)cc2C)CC1. The van der Waals surface area contributed by atoms with Gasteiger partial charge in [-0.15, -0.1) is 0 Å². The van der Waals surface area contributed by atoms with Crippen molar-refractivity contribution in [3.63, 3.8) is 0 Å². The van der Waals surface area contributed by atoms with Gasteiger partial charge < -0.3 is 10.2 Å². The molecule has 1 aliphatic rings. The van der Waals surface area contributed by atoms with E-state index in [0.717, 1.165) is 43.9 Å². The van der Waals surface area contributed by atoms with Gasteiger partial charge in [-0.05, 0) is 38.8 Å². The number of hydrogen-bond acceptors (Lipinski definition) is 2. The molecule has 1 aliphatic heterocycles. The smallest absolute Gasteiger partial charge is 0.321 e. The summed E-state index contributed by atoms with van der Waals surface area (Å²) in [6.07, 6.45) is 1.16. The van der Waals surface area contributed by atoms with Crippen molar-refractivity contribution in [2.75, 3.05) is 31.5 Å². The minimum Gasteiger partial charge on any atom is -0.322 e. The molecule has 2 rings (SSSR count). The van der Waals surface area contributed by atoms with Gasteiger partial charge in [-0.3, -0.25) is 4.90 Å². The predicted molar refractivity (Wildman–Crippen MR) is 87.8 cm³/mol. The van der Waals surface area contributed by atoms with E-state index in [1.165, 1.54) is 5.56 Å². The Labute approximate surface area is 128 Å². The average Bonchev–Trinajstić information content (AvgIpc) is 2.49. The Morgan fingerprint density at radius 3 is 2.48 bits per heavy atom. The molecule has 0 aliphatic carbocycles. The molecule has 4 nitrogen and oxygen atoms in total. The Hall–Kier alpha value is -1.55. The van der Waals surface area contributed by atoms with Crippen LogP contribution in [0.15, 0.2) is 18.2 Å². The van der Waals surface area contributed by atoms with Crippen molar-refractivity contribution in [2.24, 2.45) is 0 Å². The first-order valence-corrected chi connectivity index (χ1v) is 7.88. The summed E-state index contributed by atoms with van der Waals surface area (Å²) in [7, 11) is 0. The maximum absolute atomic E-state index is 12.3. The van der Waals surface area contributed by atoms with Crippen LogP contribution in [0.5, 0.6) is 0 Å². The Kier molecular flexibility index (Phi) is 5.23. The Morgan fingerprint density at radius 1 is 1.24 bits per heavy atom. The fourth-order valence-electron chi connectivity index (χ4n) is 2.77. The van der Waals surface area contributed by atoms with Gasteiger partial charge in [0.1, 0.15) is 0 Å². The summed E-state index contributed by atoms with van der Waals surface area (Å²) in [4.78, 5) is 16.7. The van der Waals surface area contributed by atoms with Crippen molar-refractivity contribution in [2.45, 2.75) is 40.2 Å². The van der Waals surface area contributed by atoms with E-state index in [9.17, 15) is 4.79 Å². The van der Waals surface area contributed by atoms with Gasteiger partial charge in [0.25, 0.3) is 0 Å². The molecule has 116 valence electrons. The second-order valence-electron chi connectivity index (χ2n) is 6.03. The van der Waals surface area contributed by atoms with Crippen LogP contribution in [0.2, 0.25) is 0 Å². The number of nitrogens with one attached hydrogen (secondary N) is 1. The van der Waals surface area contributed by atoms with Gasteiger partial charge in [0.2, 0.25) is 0 Å². The third-order valence-electron chi connectivity index (χ3n) is 4.44. The Balaban J connectivity index is 1.90. The van der Waals surface area contributed by atoms with Crippen molar-refractivity contribution in [3.05, 3.63) is 29.3 Å². The van der Waals surface area contributed by atoms with E-state index in [2.05, 4.69) is 37.1 Å². The molecule has 1 aromatic carbocycles. The predicted octanol–water partition coefficient (Wildman–Crippen LogP) is 3.25. The lowest BCUT2D eigenvalue weighted by Crippen LogP contribution is -2.52. The van der Waals surface area contributed by atoms with Crippen molar-refractivity contribution in [3.8, 4) is 0 Å². The number of urea groups is 1. The first kappa shape index (κ1) is 15.8. The molecule has 1 fully saturated rings. The number of anilines is 1. The number of rotatable bonds is 3. The van der Waals surface area contributed by atoms with E-state index >= 15 is 0 Å². The first-order chi connectivity index (χ1) is 10.0. The summed E-state index contributed by atoms with van der Waals surface area (Å²) < 4.78 is 0.